The number of ether oxygens (including phenoxy) is 1. The molecule has 182 valence electrons. The summed E-state index contributed by atoms with van der Waals surface area (Å²) in [4.78, 5) is 20.4. The summed E-state index contributed by atoms with van der Waals surface area (Å²) in [6, 6.07) is 6.18. The van der Waals surface area contributed by atoms with Crippen LogP contribution in [0.4, 0.5) is 0 Å². The van der Waals surface area contributed by atoms with Crippen LogP contribution in [0.3, 0.4) is 0 Å². The van der Waals surface area contributed by atoms with E-state index >= 15 is 0 Å². The Bertz CT molecular complexity index is 1150. The molecule has 2 aromatic heterocycles. The predicted octanol–water partition coefficient (Wildman–Crippen LogP) is 2.76. The lowest BCUT2D eigenvalue weighted by atomic mass is 10.0. The van der Waals surface area contributed by atoms with Crippen LogP contribution in [0.2, 0.25) is 5.02 Å². The Balaban J connectivity index is 1.34. The van der Waals surface area contributed by atoms with Crippen molar-refractivity contribution in [1.82, 2.24) is 24.5 Å². The molecule has 1 amide bonds. The van der Waals surface area contributed by atoms with Gasteiger partial charge in [0.2, 0.25) is 17.6 Å². The van der Waals surface area contributed by atoms with Gasteiger partial charge in [-0.2, -0.15) is 4.98 Å². The first-order chi connectivity index (χ1) is 16.5. The lowest BCUT2D eigenvalue weighted by molar-refractivity contribution is -0.120. The number of nitrogens with zero attached hydrogens (tertiary/aromatic N) is 5. The Morgan fingerprint density at radius 1 is 1.26 bits per heavy atom. The van der Waals surface area contributed by atoms with Gasteiger partial charge in [0.05, 0.1) is 23.6 Å². The number of amides is 1. The molecule has 3 aromatic rings. The van der Waals surface area contributed by atoms with Crippen molar-refractivity contribution in [3.63, 3.8) is 0 Å². The minimum atomic E-state index is -0.294. The highest BCUT2D eigenvalue weighted by molar-refractivity contribution is 6.35. The number of hydrogen-bond acceptors (Lipinski definition) is 7. The number of nitrogens with two attached hydrogens (primary N) is 1. The van der Waals surface area contributed by atoms with Crippen LogP contribution in [0.5, 0.6) is 0 Å². The van der Waals surface area contributed by atoms with E-state index in [1.54, 1.807) is 0 Å². The third kappa shape index (κ3) is 4.98. The van der Waals surface area contributed by atoms with Crippen molar-refractivity contribution in [2.75, 3.05) is 39.4 Å². The zero-order valence-corrected chi connectivity index (χ0v) is 20.2. The van der Waals surface area contributed by atoms with Crippen molar-refractivity contribution in [2.24, 2.45) is 11.7 Å². The summed E-state index contributed by atoms with van der Waals surface area (Å²) >= 11 is 6.62. The molecule has 2 fully saturated rings. The molecule has 2 N–H and O–H groups in total. The maximum atomic E-state index is 11.3. The summed E-state index contributed by atoms with van der Waals surface area (Å²) < 4.78 is 13.4. The van der Waals surface area contributed by atoms with E-state index < -0.39 is 0 Å². The Morgan fingerprint density at radius 2 is 2.09 bits per heavy atom. The summed E-state index contributed by atoms with van der Waals surface area (Å²) in [6.07, 6.45) is 4.21. The smallest absolute Gasteiger partial charge is 0.241 e. The molecule has 1 atom stereocenters. The van der Waals surface area contributed by atoms with Gasteiger partial charge >= 0.3 is 0 Å². The number of carbonyl (C=O) groups is 1. The van der Waals surface area contributed by atoms with E-state index in [0.717, 1.165) is 73.7 Å². The topological polar surface area (TPSA) is 103 Å². The minimum Gasteiger partial charge on any atom is -0.381 e. The van der Waals surface area contributed by atoms with Crippen molar-refractivity contribution in [3.8, 4) is 11.4 Å². The summed E-state index contributed by atoms with van der Waals surface area (Å²) in [7, 11) is 0. The molecule has 1 aromatic carbocycles. The second-order valence-electron chi connectivity index (χ2n) is 9.42. The normalized spacial score (nSPS) is 20.8. The molecule has 0 bridgehead atoms. The number of halogens is 1. The van der Waals surface area contributed by atoms with Gasteiger partial charge in [-0.3, -0.25) is 14.6 Å². The van der Waals surface area contributed by atoms with Crippen LogP contribution in [0.15, 0.2) is 28.9 Å². The predicted molar refractivity (Wildman–Crippen MR) is 129 cm³/mol. The van der Waals surface area contributed by atoms with Crippen molar-refractivity contribution in [3.05, 3.63) is 35.3 Å². The van der Waals surface area contributed by atoms with Crippen molar-refractivity contribution in [1.29, 1.82) is 0 Å². The van der Waals surface area contributed by atoms with Gasteiger partial charge in [0.15, 0.2) is 0 Å². The summed E-state index contributed by atoms with van der Waals surface area (Å²) in [6.45, 7) is 7.89. The minimum absolute atomic E-state index is 0.231. The molecule has 0 radical (unpaired) electrons. The van der Waals surface area contributed by atoms with Crippen LogP contribution in [0.25, 0.3) is 22.3 Å². The van der Waals surface area contributed by atoms with Gasteiger partial charge in [0, 0.05) is 62.6 Å². The number of para-hydroxylation sites is 1. The zero-order chi connectivity index (χ0) is 23.7. The fourth-order valence-electron chi connectivity index (χ4n) is 5.11. The monoisotopic (exact) mass is 486 g/mol. The molecule has 0 spiro atoms. The summed E-state index contributed by atoms with van der Waals surface area (Å²) in [5.41, 5.74) is 7.30. The van der Waals surface area contributed by atoms with E-state index in [0.29, 0.717) is 30.7 Å². The van der Waals surface area contributed by atoms with Crippen LogP contribution in [0, 0.1) is 5.92 Å². The summed E-state index contributed by atoms with van der Waals surface area (Å²) in [5, 5.41) is 6.06. The number of primary amides is 1. The SMILES string of the molecule is C[C@H]1CN(Cc2nc(-c3cn(CC4CCOCC4)c4c(Cl)cccc34)no2)CCN1CC(N)=O. The van der Waals surface area contributed by atoms with Crippen LogP contribution in [-0.2, 0) is 22.6 Å². The molecule has 4 heterocycles. The van der Waals surface area contributed by atoms with Crippen LogP contribution in [-0.4, -0.2) is 75.8 Å². The quantitative estimate of drug-likeness (QED) is 0.547. The number of rotatable bonds is 7. The van der Waals surface area contributed by atoms with Gasteiger partial charge in [0.25, 0.3) is 0 Å². The lowest BCUT2D eigenvalue weighted by Crippen LogP contribution is -2.53. The largest absolute Gasteiger partial charge is 0.381 e. The fourth-order valence-corrected chi connectivity index (χ4v) is 5.40. The van der Waals surface area contributed by atoms with E-state index in [4.69, 9.17) is 31.6 Å². The maximum absolute atomic E-state index is 11.3. The molecule has 10 heteroatoms. The van der Waals surface area contributed by atoms with Gasteiger partial charge in [-0.05, 0) is 31.7 Å². The molecule has 0 saturated carbocycles. The van der Waals surface area contributed by atoms with E-state index in [9.17, 15) is 4.79 Å². The Hall–Kier alpha value is -2.46. The van der Waals surface area contributed by atoms with Crippen LogP contribution in [0.1, 0.15) is 25.7 Å². The molecule has 2 aliphatic rings. The van der Waals surface area contributed by atoms with Crippen LogP contribution < -0.4 is 5.73 Å². The first kappa shape index (κ1) is 23.3. The Morgan fingerprint density at radius 3 is 2.85 bits per heavy atom. The maximum Gasteiger partial charge on any atom is 0.241 e. The van der Waals surface area contributed by atoms with Gasteiger partial charge < -0.3 is 19.6 Å². The van der Waals surface area contributed by atoms with Crippen LogP contribution >= 0.6 is 11.6 Å². The highest BCUT2D eigenvalue weighted by atomic mass is 35.5. The lowest BCUT2D eigenvalue weighted by Gasteiger charge is -2.38. The Labute approximate surface area is 203 Å². The molecule has 5 rings (SSSR count). The third-order valence-corrected chi connectivity index (χ3v) is 7.23. The number of piperazine rings is 1. The average molecular weight is 487 g/mol. The molecular formula is C24H31ClN6O3. The molecule has 9 nitrogen and oxygen atoms in total. The number of benzene rings is 1. The highest BCUT2D eigenvalue weighted by Gasteiger charge is 2.26. The first-order valence-electron chi connectivity index (χ1n) is 11.9. The summed E-state index contributed by atoms with van der Waals surface area (Å²) in [5.74, 6) is 1.42. The van der Waals surface area contributed by atoms with Gasteiger partial charge in [-0.1, -0.05) is 28.9 Å². The molecule has 2 aliphatic heterocycles. The molecule has 0 unspecified atom stereocenters. The highest BCUT2D eigenvalue weighted by Crippen LogP contribution is 2.34. The second-order valence-corrected chi connectivity index (χ2v) is 9.83. The van der Waals surface area contributed by atoms with Crippen molar-refractivity contribution < 1.29 is 14.1 Å². The third-order valence-electron chi connectivity index (χ3n) is 6.92. The molecule has 2 saturated heterocycles. The zero-order valence-electron chi connectivity index (χ0n) is 19.5. The second kappa shape index (κ2) is 10.0. The first-order valence-corrected chi connectivity index (χ1v) is 12.3. The molecular weight excluding hydrogens is 456 g/mol. The molecule has 0 aliphatic carbocycles. The average Bonchev–Trinajstić information content (AvgIpc) is 3.41. The standard InChI is InChI=1S/C24H31ClN6O3/c1-16-11-29(7-8-30(16)14-21(26)32)15-22-27-24(28-34-22)19-13-31(12-17-5-9-33-10-6-17)23-18(19)3-2-4-20(23)25/h2-4,13,16-17H,5-12,14-15H2,1H3,(H2,26,32)/t16-/m0/s1. The number of carbonyl (C=O) groups excluding carboxylic acids is 1. The van der Waals surface area contributed by atoms with E-state index in [2.05, 4.69) is 38.7 Å². The number of hydrogen-bond donors (Lipinski definition) is 1. The number of aromatic nitrogens is 3. The van der Waals surface area contributed by atoms with Crippen molar-refractivity contribution in [2.45, 2.75) is 38.9 Å². The molecule has 34 heavy (non-hydrogen) atoms. The Kier molecular flexibility index (Phi) is 6.87. The number of fused-ring (bicyclic) bond motifs is 1. The van der Waals surface area contributed by atoms with E-state index in [-0.39, 0.29) is 11.9 Å². The van der Waals surface area contributed by atoms with E-state index in [1.165, 1.54) is 0 Å². The van der Waals surface area contributed by atoms with Gasteiger partial charge in [0.1, 0.15) is 0 Å². The van der Waals surface area contributed by atoms with Crippen molar-refractivity contribution >= 4 is 28.4 Å². The van der Waals surface area contributed by atoms with Gasteiger partial charge in [-0.15, -0.1) is 0 Å². The van der Waals surface area contributed by atoms with E-state index in [1.807, 2.05) is 12.1 Å². The fraction of sp³-hybridized carbons (Fsp3) is 0.542. The van der Waals surface area contributed by atoms with Gasteiger partial charge in [-0.25, -0.2) is 0 Å².